The Kier molecular flexibility index (Phi) is 5.63. The summed E-state index contributed by atoms with van der Waals surface area (Å²) in [6, 6.07) is 25.5. The quantitative estimate of drug-likeness (QED) is 0.524. The van der Waals surface area contributed by atoms with E-state index in [2.05, 4.69) is 17.0 Å². The molecule has 0 saturated carbocycles. The highest BCUT2D eigenvalue weighted by Gasteiger charge is 2.23. The van der Waals surface area contributed by atoms with E-state index in [0.717, 1.165) is 37.1 Å². The Morgan fingerprint density at radius 2 is 1.54 bits per heavy atom. The molecule has 4 heteroatoms. The van der Waals surface area contributed by atoms with Crippen molar-refractivity contribution < 1.29 is 9.53 Å². The molecule has 3 aromatic rings. The van der Waals surface area contributed by atoms with Gasteiger partial charge in [-0.2, -0.15) is 0 Å². The topological polar surface area (TPSA) is 29.5 Å². The van der Waals surface area contributed by atoms with Gasteiger partial charge in [-0.15, -0.1) is 0 Å². The van der Waals surface area contributed by atoms with Crippen LogP contribution in [0.4, 0.5) is 5.69 Å². The SMILES string of the molecule is O=C(OC1CCCN(c2ccccc2)C1)c1ccc(-c2ccc(Cl)cc2)cc1. The van der Waals surface area contributed by atoms with Crippen LogP contribution in [-0.4, -0.2) is 25.2 Å². The maximum Gasteiger partial charge on any atom is 0.338 e. The molecule has 0 aromatic heterocycles. The molecule has 0 spiro atoms. The van der Waals surface area contributed by atoms with E-state index in [-0.39, 0.29) is 12.1 Å². The zero-order valence-corrected chi connectivity index (χ0v) is 16.3. The van der Waals surface area contributed by atoms with Crippen molar-refractivity contribution in [1.82, 2.24) is 0 Å². The van der Waals surface area contributed by atoms with Crippen molar-refractivity contribution in [3.05, 3.63) is 89.4 Å². The minimum atomic E-state index is -0.262. The Morgan fingerprint density at radius 1 is 0.893 bits per heavy atom. The van der Waals surface area contributed by atoms with Crippen LogP contribution in [-0.2, 0) is 4.74 Å². The van der Waals surface area contributed by atoms with Crippen molar-refractivity contribution in [2.24, 2.45) is 0 Å². The molecule has 0 amide bonds. The molecule has 28 heavy (non-hydrogen) atoms. The van der Waals surface area contributed by atoms with Gasteiger partial charge in [-0.1, -0.05) is 54.1 Å². The number of ether oxygens (including phenoxy) is 1. The summed E-state index contributed by atoms with van der Waals surface area (Å²) in [6.45, 7) is 1.73. The summed E-state index contributed by atoms with van der Waals surface area (Å²) in [5.41, 5.74) is 3.86. The first-order chi connectivity index (χ1) is 13.7. The molecule has 0 bridgehead atoms. The largest absolute Gasteiger partial charge is 0.457 e. The van der Waals surface area contributed by atoms with Gasteiger partial charge in [0.2, 0.25) is 0 Å². The molecule has 1 heterocycles. The highest BCUT2D eigenvalue weighted by atomic mass is 35.5. The van der Waals surface area contributed by atoms with Crippen LogP contribution in [0, 0.1) is 0 Å². The van der Waals surface area contributed by atoms with E-state index in [9.17, 15) is 4.79 Å². The second kappa shape index (κ2) is 8.49. The number of nitrogens with zero attached hydrogens (tertiary/aromatic N) is 1. The molecule has 1 unspecified atom stereocenters. The van der Waals surface area contributed by atoms with Gasteiger partial charge in [0.25, 0.3) is 0 Å². The zero-order valence-electron chi connectivity index (χ0n) is 15.6. The average Bonchev–Trinajstić information content (AvgIpc) is 2.75. The molecule has 0 N–H and O–H groups in total. The molecule has 3 nitrogen and oxygen atoms in total. The third kappa shape index (κ3) is 4.37. The molecular formula is C24H22ClNO2. The van der Waals surface area contributed by atoms with Gasteiger partial charge in [0.15, 0.2) is 0 Å². The molecule has 142 valence electrons. The number of para-hydroxylation sites is 1. The third-order valence-corrected chi connectivity index (χ3v) is 5.32. The normalized spacial score (nSPS) is 16.6. The number of anilines is 1. The smallest absolute Gasteiger partial charge is 0.338 e. The van der Waals surface area contributed by atoms with E-state index in [4.69, 9.17) is 16.3 Å². The molecule has 0 aliphatic carbocycles. The van der Waals surface area contributed by atoms with Gasteiger partial charge < -0.3 is 9.64 Å². The molecular weight excluding hydrogens is 370 g/mol. The van der Waals surface area contributed by atoms with Crippen LogP contribution in [0.1, 0.15) is 23.2 Å². The number of hydrogen-bond acceptors (Lipinski definition) is 3. The van der Waals surface area contributed by atoms with Crippen LogP contribution in [0.25, 0.3) is 11.1 Å². The van der Waals surface area contributed by atoms with Crippen molar-refractivity contribution in [2.75, 3.05) is 18.0 Å². The molecule has 4 rings (SSSR count). The predicted octanol–water partition coefficient (Wildman–Crippen LogP) is 5.83. The monoisotopic (exact) mass is 391 g/mol. The van der Waals surface area contributed by atoms with Gasteiger partial charge in [0.1, 0.15) is 6.10 Å². The van der Waals surface area contributed by atoms with Crippen LogP contribution in [0.2, 0.25) is 5.02 Å². The zero-order chi connectivity index (χ0) is 19.3. The van der Waals surface area contributed by atoms with Crippen LogP contribution in [0.5, 0.6) is 0 Å². The number of esters is 1. The molecule has 3 aromatic carbocycles. The highest BCUT2D eigenvalue weighted by molar-refractivity contribution is 6.30. The number of halogens is 1. The van der Waals surface area contributed by atoms with Gasteiger partial charge in [-0.25, -0.2) is 4.79 Å². The van der Waals surface area contributed by atoms with Crippen molar-refractivity contribution >= 4 is 23.3 Å². The highest BCUT2D eigenvalue weighted by Crippen LogP contribution is 2.24. The van der Waals surface area contributed by atoms with E-state index >= 15 is 0 Å². The van der Waals surface area contributed by atoms with Crippen molar-refractivity contribution in [1.29, 1.82) is 0 Å². The van der Waals surface area contributed by atoms with Gasteiger partial charge in [-0.3, -0.25) is 0 Å². The summed E-state index contributed by atoms with van der Waals surface area (Å²) in [4.78, 5) is 14.9. The summed E-state index contributed by atoms with van der Waals surface area (Å²) in [5.74, 6) is -0.262. The van der Waals surface area contributed by atoms with E-state index in [1.165, 1.54) is 5.69 Å². The Hall–Kier alpha value is -2.78. The first-order valence-corrected chi connectivity index (χ1v) is 9.94. The van der Waals surface area contributed by atoms with E-state index in [1.54, 1.807) is 0 Å². The van der Waals surface area contributed by atoms with E-state index in [1.807, 2.05) is 66.7 Å². The van der Waals surface area contributed by atoms with Gasteiger partial charge in [0, 0.05) is 17.3 Å². The fourth-order valence-electron chi connectivity index (χ4n) is 3.57. The van der Waals surface area contributed by atoms with Gasteiger partial charge >= 0.3 is 5.97 Å². The van der Waals surface area contributed by atoms with Crippen LogP contribution < -0.4 is 4.90 Å². The van der Waals surface area contributed by atoms with Crippen molar-refractivity contribution in [2.45, 2.75) is 18.9 Å². The lowest BCUT2D eigenvalue weighted by Gasteiger charge is -2.34. The lowest BCUT2D eigenvalue weighted by molar-refractivity contribution is 0.0270. The lowest BCUT2D eigenvalue weighted by Crippen LogP contribution is -2.40. The Bertz CT molecular complexity index is 923. The predicted molar refractivity (Wildman–Crippen MR) is 114 cm³/mol. The van der Waals surface area contributed by atoms with E-state index < -0.39 is 0 Å². The summed E-state index contributed by atoms with van der Waals surface area (Å²) < 4.78 is 5.79. The fourth-order valence-corrected chi connectivity index (χ4v) is 3.69. The number of hydrogen-bond donors (Lipinski definition) is 0. The van der Waals surface area contributed by atoms with Crippen LogP contribution in [0.15, 0.2) is 78.9 Å². The first-order valence-electron chi connectivity index (χ1n) is 9.56. The minimum Gasteiger partial charge on any atom is -0.457 e. The summed E-state index contributed by atoms with van der Waals surface area (Å²) in [6.07, 6.45) is 1.83. The summed E-state index contributed by atoms with van der Waals surface area (Å²) >= 11 is 5.94. The molecule has 1 aliphatic heterocycles. The number of carbonyl (C=O) groups excluding carboxylic acids is 1. The minimum absolute atomic E-state index is 0.0857. The molecule has 1 atom stereocenters. The second-order valence-electron chi connectivity index (χ2n) is 7.04. The number of piperidine rings is 1. The summed E-state index contributed by atoms with van der Waals surface area (Å²) in [5, 5.41) is 0.709. The van der Waals surface area contributed by atoms with Gasteiger partial charge in [-0.05, 0) is 60.4 Å². The van der Waals surface area contributed by atoms with E-state index in [0.29, 0.717) is 10.6 Å². The average molecular weight is 392 g/mol. The first kappa shape index (κ1) is 18.6. The molecule has 1 aliphatic rings. The van der Waals surface area contributed by atoms with Crippen molar-refractivity contribution in [3.63, 3.8) is 0 Å². The maximum atomic E-state index is 12.6. The number of benzene rings is 3. The van der Waals surface area contributed by atoms with Crippen molar-refractivity contribution in [3.8, 4) is 11.1 Å². The third-order valence-electron chi connectivity index (χ3n) is 5.07. The number of rotatable bonds is 4. The Balaban J connectivity index is 1.40. The lowest BCUT2D eigenvalue weighted by atomic mass is 10.0. The standard InChI is InChI=1S/C24H22ClNO2/c25-21-14-12-19(13-15-21)18-8-10-20(11-9-18)24(27)28-23-7-4-16-26(17-23)22-5-2-1-3-6-22/h1-3,5-6,8-15,23H,4,7,16-17H2. The van der Waals surface area contributed by atoms with Crippen LogP contribution in [0.3, 0.4) is 0 Å². The molecule has 1 fully saturated rings. The fraction of sp³-hybridized carbons (Fsp3) is 0.208. The summed E-state index contributed by atoms with van der Waals surface area (Å²) in [7, 11) is 0. The number of carbonyl (C=O) groups is 1. The van der Waals surface area contributed by atoms with Crippen LogP contribution >= 0.6 is 11.6 Å². The molecule has 1 saturated heterocycles. The second-order valence-corrected chi connectivity index (χ2v) is 7.47. The maximum absolute atomic E-state index is 12.6. The Labute approximate surface area is 170 Å². The Morgan fingerprint density at radius 3 is 2.21 bits per heavy atom. The van der Waals surface area contributed by atoms with Gasteiger partial charge in [0.05, 0.1) is 12.1 Å². The molecule has 0 radical (unpaired) electrons.